The van der Waals surface area contributed by atoms with Crippen molar-refractivity contribution in [3.05, 3.63) is 44.9 Å². The third-order valence-corrected chi connectivity index (χ3v) is 4.39. The van der Waals surface area contributed by atoms with Crippen molar-refractivity contribution in [1.29, 1.82) is 0 Å². The molecule has 0 radical (unpaired) electrons. The molecule has 0 aliphatic carbocycles. The van der Waals surface area contributed by atoms with Crippen molar-refractivity contribution in [1.82, 2.24) is 10.4 Å². The van der Waals surface area contributed by atoms with Crippen LogP contribution in [0.3, 0.4) is 0 Å². The zero-order valence-electron chi connectivity index (χ0n) is 12.4. The van der Waals surface area contributed by atoms with Gasteiger partial charge in [-0.25, -0.2) is 4.98 Å². The number of benzene rings is 1. The van der Waals surface area contributed by atoms with E-state index in [2.05, 4.69) is 34.8 Å². The maximum atomic E-state index is 5.74. The third kappa shape index (κ3) is 3.17. The first kappa shape index (κ1) is 15.0. The molecule has 5 heteroatoms. The highest BCUT2D eigenvalue weighted by molar-refractivity contribution is 7.09. The van der Waals surface area contributed by atoms with Gasteiger partial charge < -0.3 is 4.74 Å². The van der Waals surface area contributed by atoms with Gasteiger partial charge >= 0.3 is 0 Å². The lowest BCUT2D eigenvalue weighted by molar-refractivity contribution is 0.410. The largest absolute Gasteiger partial charge is 0.496 e. The molecule has 4 nitrogen and oxygen atoms in total. The Morgan fingerprint density at radius 3 is 2.60 bits per heavy atom. The molecule has 0 saturated carbocycles. The summed E-state index contributed by atoms with van der Waals surface area (Å²) in [5.74, 6) is 6.65. The summed E-state index contributed by atoms with van der Waals surface area (Å²) < 4.78 is 5.35. The average Bonchev–Trinajstić information content (AvgIpc) is 2.84. The van der Waals surface area contributed by atoms with Gasteiger partial charge in [-0.3, -0.25) is 11.3 Å². The molecule has 0 amide bonds. The van der Waals surface area contributed by atoms with Gasteiger partial charge in [-0.15, -0.1) is 11.3 Å². The molecule has 1 aromatic carbocycles. The van der Waals surface area contributed by atoms with Crippen molar-refractivity contribution in [2.45, 2.75) is 33.2 Å². The second kappa shape index (κ2) is 6.35. The SMILES string of the molecule is COc1cc(C)c(C(Cc2nc(C)cs2)NN)cc1C. The van der Waals surface area contributed by atoms with E-state index in [-0.39, 0.29) is 6.04 Å². The predicted octanol–water partition coefficient (Wildman–Crippen LogP) is 2.82. The van der Waals surface area contributed by atoms with Crippen molar-refractivity contribution in [3.8, 4) is 5.75 Å². The fourth-order valence-electron chi connectivity index (χ4n) is 2.34. The van der Waals surface area contributed by atoms with Crippen LogP contribution in [0.25, 0.3) is 0 Å². The van der Waals surface area contributed by atoms with Crippen LogP contribution in [0.4, 0.5) is 0 Å². The maximum Gasteiger partial charge on any atom is 0.122 e. The van der Waals surface area contributed by atoms with Crippen molar-refractivity contribution in [2.75, 3.05) is 7.11 Å². The van der Waals surface area contributed by atoms with Crippen LogP contribution < -0.4 is 16.0 Å². The number of rotatable bonds is 5. The minimum atomic E-state index is 0.0603. The summed E-state index contributed by atoms with van der Waals surface area (Å²) in [4.78, 5) is 4.51. The number of hydrogen-bond acceptors (Lipinski definition) is 5. The van der Waals surface area contributed by atoms with E-state index in [4.69, 9.17) is 10.6 Å². The number of hydrazine groups is 1. The van der Waals surface area contributed by atoms with Gasteiger partial charge in [0.15, 0.2) is 0 Å². The number of nitrogens with two attached hydrogens (primary N) is 1. The Labute approximate surface area is 124 Å². The number of nitrogens with one attached hydrogen (secondary N) is 1. The molecule has 0 bridgehead atoms. The van der Waals surface area contributed by atoms with Crippen LogP contribution in [-0.4, -0.2) is 12.1 Å². The quantitative estimate of drug-likeness (QED) is 0.657. The summed E-state index contributed by atoms with van der Waals surface area (Å²) in [6.07, 6.45) is 0.793. The van der Waals surface area contributed by atoms with Crippen molar-refractivity contribution in [2.24, 2.45) is 5.84 Å². The summed E-state index contributed by atoms with van der Waals surface area (Å²) in [6.45, 7) is 6.13. The molecule has 0 aliphatic heterocycles. The molecule has 1 heterocycles. The molecule has 20 heavy (non-hydrogen) atoms. The summed E-state index contributed by atoms with van der Waals surface area (Å²) in [5.41, 5.74) is 7.44. The van der Waals surface area contributed by atoms with Crippen LogP contribution in [-0.2, 0) is 6.42 Å². The third-order valence-electron chi connectivity index (χ3n) is 3.41. The van der Waals surface area contributed by atoms with Crippen LogP contribution in [0, 0.1) is 20.8 Å². The van der Waals surface area contributed by atoms with E-state index in [1.807, 2.05) is 13.8 Å². The first-order valence-electron chi connectivity index (χ1n) is 6.57. The molecule has 0 fully saturated rings. The molecule has 0 aliphatic rings. The van der Waals surface area contributed by atoms with E-state index in [1.54, 1.807) is 18.4 Å². The van der Waals surface area contributed by atoms with Gasteiger partial charge in [0.1, 0.15) is 5.75 Å². The Balaban J connectivity index is 2.29. The molecule has 1 atom stereocenters. The highest BCUT2D eigenvalue weighted by Gasteiger charge is 2.16. The second-order valence-electron chi connectivity index (χ2n) is 4.98. The lowest BCUT2D eigenvalue weighted by atomic mass is 9.96. The highest BCUT2D eigenvalue weighted by Crippen LogP contribution is 2.28. The topological polar surface area (TPSA) is 60.2 Å². The first-order valence-corrected chi connectivity index (χ1v) is 7.45. The van der Waals surface area contributed by atoms with Crippen LogP contribution in [0.15, 0.2) is 17.5 Å². The van der Waals surface area contributed by atoms with E-state index in [0.717, 1.165) is 28.4 Å². The summed E-state index contributed by atoms with van der Waals surface area (Å²) in [6, 6.07) is 4.26. The van der Waals surface area contributed by atoms with E-state index < -0.39 is 0 Å². The maximum absolute atomic E-state index is 5.74. The van der Waals surface area contributed by atoms with Gasteiger partial charge in [0.2, 0.25) is 0 Å². The van der Waals surface area contributed by atoms with Gasteiger partial charge in [-0.1, -0.05) is 6.07 Å². The smallest absolute Gasteiger partial charge is 0.122 e. The van der Waals surface area contributed by atoms with Crippen LogP contribution in [0.2, 0.25) is 0 Å². The van der Waals surface area contributed by atoms with Gasteiger partial charge in [0, 0.05) is 17.5 Å². The van der Waals surface area contributed by atoms with E-state index in [1.165, 1.54) is 11.1 Å². The van der Waals surface area contributed by atoms with E-state index >= 15 is 0 Å². The molecule has 1 unspecified atom stereocenters. The van der Waals surface area contributed by atoms with Crippen LogP contribution in [0.5, 0.6) is 5.75 Å². The van der Waals surface area contributed by atoms with Gasteiger partial charge in [-0.2, -0.15) is 0 Å². The van der Waals surface area contributed by atoms with Crippen molar-refractivity contribution < 1.29 is 4.74 Å². The summed E-state index contributed by atoms with van der Waals surface area (Å²) >= 11 is 1.67. The fourth-order valence-corrected chi connectivity index (χ4v) is 3.16. The van der Waals surface area contributed by atoms with Gasteiger partial charge in [-0.05, 0) is 43.5 Å². The highest BCUT2D eigenvalue weighted by atomic mass is 32.1. The first-order chi connectivity index (χ1) is 9.55. The number of methoxy groups -OCH3 is 1. The average molecular weight is 291 g/mol. The molecule has 0 spiro atoms. The molecule has 2 aromatic rings. The Bertz CT molecular complexity index is 595. The van der Waals surface area contributed by atoms with E-state index in [9.17, 15) is 0 Å². The van der Waals surface area contributed by atoms with Crippen molar-refractivity contribution >= 4 is 11.3 Å². The lowest BCUT2D eigenvalue weighted by Gasteiger charge is -2.19. The Morgan fingerprint density at radius 2 is 2.05 bits per heavy atom. The van der Waals surface area contributed by atoms with Gasteiger partial charge in [0.05, 0.1) is 18.2 Å². The minimum absolute atomic E-state index is 0.0603. The lowest BCUT2D eigenvalue weighted by Crippen LogP contribution is -2.30. The van der Waals surface area contributed by atoms with Crippen molar-refractivity contribution in [3.63, 3.8) is 0 Å². The standard InChI is InChI=1S/C15H21N3OS/c1-9-6-14(19-4)10(2)5-12(9)13(18-16)7-15-17-11(3)8-20-15/h5-6,8,13,18H,7,16H2,1-4H3. The molecular formula is C15H21N3OS. The molecule has 3 N–H and O–H groups in total. The molecule has 1 aromatic heterocycles. The Hall–Kier alpha value is -1.43. The molecule has 108 valence electrons. The van der Waals surface area contributed by atoms with Crippen LogP contribution >= 0.6 is 11.3 Å². The number of thiazole rings is 1. The van der Waals surface area contributed by atoms with E-state index in [0.29, 0.717) is 0 Å². The number of aromatic nitrogens is 1. The molecule has 0 saturated heterocycles. The second-order valence-corrected chi connectivity index (χ2v) is 5.93. The minimum Gasteiger partial charge on any atom is -0.496 e. The van der Waals surface area contributed by atoms with Gasteiger partial charge in [0.25, 0.3) is 0 Å². The summed E-state index contributed by atoms with van der Waals surface area (Å²) in [5, 5.41) is 3.16. The summed E-state index contributed by atoms with van der Waals surface area (Å²) in [7, 11) is 1.69. The monoisotopic (exact) mass is 291 g/mol. The molecule has 2 rings (SSSR count). The predicted molar refractivity (Wildman–Crippen MR) is 83.1 cm³/mol. The number of hydrogen-bond donors (Lipinski definition) is 2. The zero-order chi connectivity index (χ0) is 14.7. The Morgan fingerprint density at radius 1 is 1.30 bits per heavy atom. The number of ether oxygens (including phenoxy) is 1. The van der Waals surface area contributed by atoms with Crippen LogP contribution in [0.1, 0.15) is 33.4 Å². The zero-order valence-corrected chi connectivity index (χ0v) is 13.2. The Kier molecular flexibility index (Phi) is 4.75. The number of nitrogens with zero attached hydrogens (tertiary/aromatic N) is 1. The normalized spacial score (nSPS) is 12.4. The fraction of sp³-hybridized carbons (Fsp3) is 0.400. The number of aryl methyl sites for hydroxylation is 3. The molecular weight excluding hydrogens is 270 g/mol.